The van der Waals surface area contributed by atoms with Crippen LogP contribution in [-0.2, 0) is 10.5 Å². The smallest absolute Gasteiger partial charge is 0.230 e. The molecule has 122 valence electrons. The molecule has 0 spiro atoms. The normalized spacial score (nSPS) is 11.8. The summed E-state index contributed by atoms with van der Waals surface area (Å²) < 4.78 is 18.5. The largest absolute Gasteiger partial charge is 0.496 e. The Morgan fingerprint density at radius 1 is 1.26 bits per heavy atom. The van der Waals surface area contributed by atoms with E-state index < -0.39 is 0 Å². The summed E-state index contributed by atoms with van der Waals surface area (Å²) >= 11 is 1.43. The van der Waals surface area contributed by atoms with Crippen LogP contribution in [0.2, 0.25) is 0 Å². The summed E-state index contributed by atoms with van der Waals surface area (Å²) in [6.07, 6.45) is 0. The summed E-state index contributed by atoms with van der Waals surface area (Å²) in [5.74, 6) is 1.13. The fourth-order valence-electron chi connectivity index (χ4n) is 2.22. The van der Waals surface area contributed by atoms with Crippen molar-refractivity contribution in [2.75, 3.05) is 12.9 Å². The molecule has 1 amide bonds. The Labute approximate surface area is 140 Å². The molecule has 5 heteroatoms. The number of carbonyl (C=O) groups excluding carboxylic acids is 1. The van der Waals surface area contributed by atoms with Gasteiger partial charge in [-0.2, -0.15) is 0 Å². The molecule has 0 aliphatic rings. The highest BCUT2D eigenvalue weighted by atomic mass is 32.2. The standard InChI is InChI=1S/C18H20FNO2S/c1-13(14-6-4-3-5-7-14)20-18(21)12-23-11-15-10-16(19)8-9-17(15)22-2/h3-10,13H,11-12H2,1-2H3,(H,20,21)/t13-/m1/s1. The maximum atomic E-state index is 13.3. The van der Waals surface area contributed by atoms with Crippen LogP contribution in [-0.4, -0.2) is 18.8 Å². The van der Waals surface area contributed by atoms with Crippen LogP contribution in [0.5, 0.6) is 5.75 Å². The maximum absolute atomic E-state index is 13.3. The summed E-state index contributed by atoms with van der Waals surface area (Å²) in [6, 6.07) is 14.2. The van der Waals surface area contributed by atoms with Crippen molar-refractivity contribution < 1.29 is 13.9 Å². The number of ether oxygens (including phenoxy) is 1. The van der Waals surface area contributed by atoms with Crippen LogP contribution in [0.3, 0.4) is 0 Å². The third-order valence-electron chi connectivity index (χ3n) is 3.41. The number of amides is 1. The van der Waals surface area contributed by atoms with Gasteiger partial charge in [-0.15, -0.1) is 11.8 Å². The lowest BCUT2D eigenvalue weighted by Gasteiger charge is -2.14. The molecule has 2 aromatic carbocycles. The molecule has 1 atom stereocenters. The minimum Gasteiger partial charge on any atom is -0.496 e. The number of benzene rings is 2. The first-order valence-corrected chi connectivity index (χ1v) is 8.50. The average Bonchev–Trinajstić information content (AvgIpc) is 2.56. The number of methoxy groups -OCH3 is 1. The summed E-state index contributed by atoms with van der Waals surface area (Å²) in [6.45, 7) is 1.95. The van der Waals surface area contributed by atoms with Gasteiger partial charge in [0.1, 0.15) is 11.6 Å². The summed E-state index contributed by atoms with van der Waals surface area (Å²) in [4.78, 5) is 12.0. The molecule has 0 fully saturated rings. The fraction of sp³-hybridized carbons (Fsp3) is 0.278. The van der Waals surface area contributed by atoms with E-state index in [1.54, 1.807) is 13.2 Å². The van der Waals surface area contributed by atoms with Gasteiger partial charge in [0.05, 0.1) is 18.9 Å². The maximum Gasteiger partial charge on any atom is 0.230 e. The molecule has 0 heterocycles. The second-order valence-corrected chi connectivity index (χ2v) is 6.13. The van der Waals surface area contributed by atoms with Gasteiger partial charge in [0, 0.05) is 11.3 Å². The van der Waals surface area contributed by atoms with Crippen molar-refractivity contribution in [1.29, 1.82) is 0 Å². The topological polar surface area (TPSA) is 38.3 Å². The van der Waals surface area contributed by atoms with Gasteiger partial charge in [0.25, 0.3) is 0 Å². The molecule has 0 bridgehead atoms. The number of carbonyl (C=O) groups is 1. The minimum atomic E-state index is -0.302. The van der Waals surface area contributed by atoms with Gasteiger partial charge in [-0.25, -0.2) is 4.39 Å². The Hall–Kier alpha value is -2.01. The molecular weight excluding hydrogens is 313 g/mol. The Balaban J connectivity index is 1.82. The highest BCUT2D eigenvalue weighted by Crippen LogP contribution is 2.24. The third kappa shape index (κ3) is 5.28. The predicted octanol–water partition coefficient (Wildman–Crippen LogP) is 3.94. The monoisotopic (exact) mass is 333 g/mol. The van der Waals surface area contributed by atoms with E-state index >= 15 is 0 Å². The lowest BCUT2D eigenvalue weighted by molar-refractivity contribution is -0.119. The van der Waals surface area contributed by atoms with Crippen molar-refractivity contribution in [1.82, 2.24) is 5.32 Å². The number of thioether (sulfide) groups is 1. The van der Waals surface area contributed by atoms with E-state index in [0.717, 1.165) is 11.1 Å². The second-order valence-electron chi connectivity index (χ2n) is 5.15. The zero-order valence-electron chi connectivity index (χ0n) is 13.2. The van der Waals surface area contributed by atoms with E-state index in [1.807, 2.05) is 37.3 Å². The van der Waals surface area contributed by atoms with E-state index in [9.17, 15) is 9.18 Å². The second kappa shape index (κ2) is 8.58. The lowest BCUT2D eigenvalue weighted by atomic mass is 10.1. The van der Waals surface area contributed by atoms with E-state index in [1.165, 1.54) is 23.9 Å². The van der Waals surface area contributed by atoms with Gasteiger partial charge >= 0.3 is 0 Å². The van der Waals surface area contributed by atoms with Crippen LogP contribution in [0, 0.1) is 5.82 Å². The SMILES string of the molecule is COc1ccc(F)cc1CSCC(=O)N[C@H](C)c1ccccc1. The van der Waals surface area contributed by atoms with Crippen LogP contribution in [0.1, 0.15) is 24.1 Å². The molecule has 2 aromatic rings. The van der Waals surface area contributed by atoms with Crippen molar-refractivity contribution in [2.45, 2.75) is 18.7 Å². The molecule has 0 unspecified atom stereocenters. The van der Waals surface area contributed by atoms with E-state index in [-0.39, 0.29) is 17.8 Å². The van der Waals surface area contributed by atoms with Gasteiger partial charge in [0.2, 0.25) is 5.91 Å². The van der Waals surface area contributed by atoms with Crippen molar-refractivity contribution in [3.63, 3.8) is 0 Å². The molecule has 0 radical (unpaired) electrons. The molecule has 0 aliphatic carbocycles. The zero-order valence-corrected chi connectivity index (χ0v) is 14.0. The number of halogens is 1. The molecule has 3 nitrogen and oxygen atoms in total. The fourth-order valence-corrected chi connectivity index (χ4v) is 3.04. The van der Waals surface area contributed by atoms with Gasteiger partial charge < -0.3 is 10.1 Å². The Morgan fingerprint density at radius 2 is 2.00 bits per heavy atom. The third-order valence-corrected chi connectivity index (χ3v) is 4.39. The van der Waals surface area contributed by atoms with E-state index in [2.05, 4.69) is 5.32 Å². The lowest BCUT2D eigenvalue weighted by Crippen LogP contribution is -2.28. The number of rotatable bonds is 7. The van der Waals surface area contributed by atoms with Gasteiger partial charge in [-0.05, 0) is 30.7 Å². The molecule has 0 saturated heterocycles. The first-order valence-electron chi connectivity index (χ1n) is 7.34. The van der Waals surface area contributed by atoms with Crippen molar-refractivity contribution in [2.24, 2.45) is 0 Å². The highest BCUT2D eigenvalue weighted by molar-refractivity contribution is 7.99. The van der Waals surface area contributed by atoms with Crippen LogP contribution in [0.4, 0.5) is 4.39 Å². The molecule has 2 rings (SSSR count). The van der Waals surface area contributed by atoms with Crippen LogP contribution in [0.15, 0.2) is 48.5 Å². The Bertz CT molecular complexity index is 649. The number of nitrogens with one attached hydrogen (secondary N) is 1. The summed E-state index contributed by atoms with van der Waals surface area (Å²) in [7, 11) is 1.55. The van der Waals surface area contributed by atoms with Crippen molar-refractivity contribution in [3.8, 4) is 5.75 Å². The molecule has 0 aliphatic heterocycles. The molecular formula is C18H20FNO2S. The highest BCUT2D eigenvalue weighted by Gasteiger charge is 2.10. The number of hydrogen-bond acceptors (Lipinski definition) is 3. The van der Waals surface area contributed by atoms with E-state index in [0.29, 0.717) is 17.3 Å². The van der Waals surface area contributed by atoms with Gasteiger partial charge in [0.15, 0.2) is 0 Å². The quantitative estimate of drug-likeness (QED) is 0.834. The summed E-state index contributed by atoms with van der Waals surface area (Å²) in [5, 5.41) is 2.96. The summed E-state index contributed by atoms with van der Waals surface area (Å²) in [5.41, 5.74) is 1.82. The average molecular weight is 333 g/mol. The zero-order chi connectivity index (χ0) is 16.7. The predicted molar refractivity (Wildman–Crippen MR) is 92.1 cm³/mol. The van der Waals surface area contributed by atoms with Crippen molar-refractivity contribution >= 4 is 17.7 Å². The van der Waals surface area contributed by atoms with Crippen LogP contribution >= 0.6 is 11.8 Å². The molecule has 0 saturated carbocycles. The molecule has 0 aromatic heterocycles. The van der Waals surface area contributed by atoms with Crippen LogP contribution in [0.25, 0.3) is 0 Å². The number of hydrogen-bond donors (Lipinski definition) is 1. The van der Waals surface area contributed by atoms with Crippen molar-refractivity contribution in [3.05, 3.63) is 65.5 Å². The van der Waals surface area contributed by atoms with E-state index in [4.69, 9.17) is 4.74 Å². The van der Waals surface area contributed by atoms with Gasteiger partial charge in [-0.1, -0.05) is 30.3 Å². The molecule has 23 heavy (non-hydrogen) atoms. The first kappa shape index (κ1) is 17.3. The van der Waals surface area contributed by atoms with Crippen LogP contribution < -0.4 is 10.1 Å². The Morgan fingerprint density at radius 3 is 2.70 bits per heavy atom. The van der Waals surface area contributed by atoms with Gasteiger partial charge in [-0.3, -0.25) is 4.79 Å². The Kier molecular flexibility index (Phi) is 6.47. The minimum absolute atomic E-state index is 0.0343. The first-order chi connectivity index (χ1) is 11.1. The molecule has 1 N–H and O–H groups in total.